The van der Waals surface area contributed by atoms with Gasteiger partial charge >= 0.3 is 5.90 Å². The second kappa shape index (κ2) is 18.1. The van der Waals surface area contributed by atoms with Crippen LogP contribution in [0.5, 0.6) is 11.5 Å². The normalized spacial score (nSPS) is 17.0. The van der Waals surface area contributed by atoms with Crippen molar-refractivity contribution >= 4 is 11.7 Å². The van der Waals surface area contributed by atoms with Gasteiger partial charge in [0, 0.05) is 11.1 Å². The van der Waals surface area contributed by atoms with Gasteiger partial charge in [-0.1, -0.05) is 56.9 Å². The molecule has 0 aromatic heterocycles. The summed E-state index contributed by atoms with van der Waals surface area (Å²) in [7, 11) is -4.94. The average molecular weight is 626 g/mol. The Balaban J connectivity index is 0.000000934. The molecule has 0 saturated carbocycles. The Morgan fingerprint density at radius 1 is 0.767 bits per heavy atom. The molecule has 1 aliphatic carbocycles. The molecule has 0 atom stereocenters. The van der Waals surface area contributed by atoms with E-state index in [1.165, 1.54) is 12.8 Å². The SMILES string of the molecule is CCCCCCCC(O)=[NH+]C1c2c3cccc2C(=O)c2cccc(c21)OCCOCCOCCOCCO3.[O-][Cl+3]([O-])([O-])[O-]. The van der Waals surface area contributed by atoms with E-state index in [-0.39, 0.29) is 11.7 Å². The van der Waals surface area contributed by atoms with E-state index in [1.54, 1.807) is 0 Å². The van der Waals surface area contributed by atoms with Crippen LogP contribution in [0.25, 0.3) is 0 Å². The maximum atomic E-state index is 13.6. The van der Waals surface area contributed by atoms with Crippen LogP contribution in [-0.2, 0) is 14.2 Å². The Morgan fingerprint density at radius 2 is 1.21 bits per heavy atom. The Kier molecular flexibility index (Phi) is 14.6. The van der Waals surface area contributed by atoms with Gasteiger partial charge in [-0.25, -0.2) is 23.6 Å². The van der Waals surface area contributed by atoms with E-state index in [4.69, 9.17) is 42.3 Å². The van der Waals surface area contributed by atoms with E-state index in [0.717, 1.165) is 19.3 Å². The molecule has 0 amide bonds. The molecule has 0 saturated heterocycles. The van der Waals surface area contributed by atoms with Crippen LogP contribution in [0.4, 0.5) is 0 Å². The third-order valence-corrected chi connectivity index (χ3v) is 6.74. The summed E-state index contributed by atoms with van der Waals surface area (Å²) in [4.78, 5) is 17.0. The molecular formula is C30H40ClNO11. The molecule has 1 aliphatic heterocycles. The summed E-state index contributed by atoms with van der Waals surface area (Å²) in [5.74, 6) is 1.25. The third-order valence-electron chi connectivity index (χ3n) is 6.74. The minimum Gasteiger partial charge on any atom is -0.491 e. The number of hydrogen-bond donors (Lipinski definition) is 2. The standard InChI is InChI=1S/C30H39NO7.ClHO4/c1-2-3-4-5-6-13-26(32)31-29-27-22-9-7-11-24(27)37-20-18-35-16-14-34-15-17-36-19-21-38-25-12-8-10-23(28(25)29)30(22)33;2-1(3,4)5/h7-12,29H,2-6,13-21H2,1H3,(H,31,32);(H,2,3,4,5). The number of hydrogen-bond acceptors (Lipinski definition) is 10. The number of ketones is 1. The molecule has 0 radical (unpaired) electrons. The minimum atomic E-state index is -4.94. The number of aliphatic hydroxyl groups excluding tert-OH is 1. The second-order valence-corrected chi connectivity index (χ2v) is 10.6. The first-order valence-electron chi connectivity index (χ1n) is 14.4. The zero-order chi connectivity index (χ0) is 31.1. The van der Waals surface area contributed by atoms with E-state index in [9.17, 15) is 9.90 Å². The first kappa shape index (κ1) is 34.7. The molecule has 1 heterocycles. The molecule has 238 valence electrons. The van der Waals surface area contributed by atoms with Crippen molar-refractivity contribution in [3.05, 3.63) is 58.7 Å². The number of rotatable bonds is 7. The van der Waals surface area contributed by atoms with Crippen molar-refractivity contribution in [1.82, 2.24) is 0 Å². The quantitative estimate of drug-likeness (QED) is 0.213. The molecule has 2 aliphatic rings. The van der Waals surface area contributed by atoms with Crippen molar-refractivity contribution in [2.45, 2.75) is 51.5 Å². The summed E-state index contributed by atoms with van der Waals surface area (Å²) < 4.78 is 63.0. The highest BCUT2D eigenvalue weighted by Crippen LogP contribution is 2.42. The van der Waals surface area contributed by atoms with Crippen molar-refractivity contribution in [2.24, 2.45) is 0 Å². The fourth-order valence-corrected chi connectivity index (χ4v) is 4.86. The van der Waals surface area contributed by atoms with Gasteiger partial charge in [0.1, 0.15) is 24.7 Å². The van der Waals surface area contributed by atoms with Gasteiger partial charge in [0.05, 0.1) is 57.2 Å². The number of nitrogens with one attached hydrogen (secondary N) is 1. The third kappa shape index (κ3) is 11.7. The number of aliphatic hydroxyl groups is 1. The van der Waals surface area contributed by atoms with E-state index in [2.05, 4.69) is 11.9 Å². The van der Waals surface area contributed by atoms with Crippen LogP contribution in [-0.4, -0.2) is 69.6 Å². The van der Waals surface area contributed by atoms with Crippen molar-refractivity contribution in [3.8, 4) is 11.5 Å². The van der Waals surface area contributed by atoms with Gasteiger partial charge in [0.25, 0.3) is 0 Å². The molecular weight excluding hydrogens is 586 g/mol. The number of carbonyl (C=O) groups is 1. The highest BCUT2D eigenvalue weighted by Gasteiger charge is 2.40. The molecule has 2 aromatic carbocycles. The summed E-state index contributed by atoms with van der Waals surface area (Å²) >= 11 is 0. The first-order chi connectivity index (χ1) is 20.7. The van der Waals surface area contributed by atoms with Crippen molar-refractivity contribution in [1.29, 1.82) is 0 Å². The summed E-state index contributed by atoms with van der Waals surface area (Å²) in [5.41, 5.74) is 2.48. The molecule has 0 fully saturated rings. The topological polar surface area (TPSA) is 190 Å². The van der Waals surface area contributed by atoms with E-state index < -0.39 is 16.3 Å². The van der Waals surface area contributed by atoms with Crippen LogP contribution in [0.2, 0.25) is 0 Å². The summed E-state index contributed by atoms with van der Waals surface area (Å²) in [5, 5.41) is 11.0. The van der Waals surface area contributed by atoms with Crippen molar-refractivity contribution in [3.63, 3.8) is 0 Å². The predicted octanol–water partition coefficient (Wildman–Crippen LogP) is -1.22. The lowest BCUT2D eigenvalue weighted by Crippen LogP contribution is -2.75. The molecule has 13 heteroatoms. The summed E-state index contributed by atoms with van der Waals surface area (Å²) in [6, 6.07) is 10.5. The number of unbranched alkanes of at least 4 members (excludes halogenated alkanes) is 4. The zero-order valence-electron chi connectivity index (χ0n) is 24.3. The smallest absolute Gasteiger partial charge is 0.332 e. The van der Waals surface area contributed by atoms with Crippen LogP contribution < -0.4 is 33.1 Å². The monoisotopic (exact) mass is 625 g/mol. The Hall–Kier alpha value is -2.81. The number of benzene rings is 2. The van der Waals surface area contributed by atoms with Gasteiger partial charge in [-0.15, -0.1) is 10.2 Å². The van der Waals surface area contributed by atoms with Gasteiger partial charge in [-0.05, 0) is 18.6 Å². The Bertz CT molecular complexity index is 1110. The molecule has 43 heavy (non-hydrogen) atoms. The first-order valence-corrected chi connectivity index (χ1v) is 15.7. The lowest BCUT2D eigenvalue weighted by atomic mass is 9.80. The van der Waals surface area contributed by atoms with Gasteiger partial charge in [-0.2, -0.15) is 0 Å². The van der Waals surface area contributed by atoms with Gasteiger partial charge in [0.2, 0.25) is 6.04 Å². The fourth-order valence-electron chi connectivity index (χ4n) is 4.86. The Morgan fingerprint density at radius 3 is 1.67 bits per heavy atom. The molecule has 12 nitrogen and oxygen atoms in total. The maximum Gasteiger partial charge on any atom is 0.332 e. The molecule has 2 bridgehead atoms. The predicted molar refractivity (Wildman–Crippen MR) is 144 cm³/mol. The Labute approximate surface area is 253 Å². The van der Waals surface area contributed by atoms with Crippen LogP contribution in [0.15, 0.2) is 36.4 Å². The van der Waals surface area contributed by atoms with Gasteiger partial charge in [0.15, 0.2) is 5.78 Å². The van der Waals surface area contributed by atoms with Crippen LogP contribution in [0, 0.1) is 10.2 Å². The van der Waals surface area contributed by atoms with E-state index in [0.29, 0.717) is 93.0 Å². The van der Waals surface area contributed by atoms with Crippen molar-refractivity contribution in [2.75, 3.05) is 52.9 Å². The molecule has 4 rings (SSSR count). The zero-order valence-corrected chi connectivity index (χ0v) is 25.1. The minimum absolute atomic E-state index is 0.0953. The lowest BCUT2D eigenvalue weighted by molar-refractivity contribution is -2.00. The van der Waals surface area contributed by atoms with E-state index in [1.807, 2.05) is 36.4 Å². The van der Waals surface area contributed by atoms with Crippen LogP contribution >= 0.6 is 0 Å². The maximum absolute atomic E-state index is 13.6. The van der Waals surface area contributed by atoms with Gasteiger partial charge < -0.3 is 28.8 Å². The largest absolute Gasteiger partial charge is 0.491 e. The summed E-state index contributed by atoms with van der Waals surface area (Å²) in [6.45, 7) is 5.46. The van der Waals surface area contributed by atoms with Crippen molar-refractivity contribution < 1.29 is 67.5 Å². The number of halogens is 1. The second-order valence-electron chi connectivity index (χ2n) is 9.86. The summed E-state index contributed by atoms with van der Waals surface area (Å²) in [6.07, 6.45) is 6.01. The number of carbonyl (C=O) groups excluding carboxylic acids is 1. The average Bonchev–Trinajstić information content (AvgIpc) is 2.96. The van der Waals surface area contributed by atoms with Gasteiger partial charge in [-0.3, -0.25) is 4.79 Å². The molecule has 2 N–H and O–H groups in total. The molecule has 2 aromatic rings. The molecule has 0 unspecified atom stereocenters. The van der Waals surface area contributed by atoms with E-state index >= 15 is 0 Å². The van der Waals surface area contributed by atoms with Crippen LogP contribution in [0.1, 0.15) is 78.5 Å². The lowest BCUT2D eigenvalue weighted by Gasteiger charge is -2.26. The fraction of sp³-hybridized carbons (Fsp3) is 0.533. The molecule has 0 spiro atoms. The highest BCUT2D eigenvalue weighted by molar-refractivity contribution is 6.13. The van der Waals surface area contributed by atoms with Crippen LogP contribution in [0.3, 0.4) is 0 Å². The number of ether oxygens (including phenoxy) is 5. The highest BCUT2D eigenvalue weighted by atomic mass is 35.7.